The number of thiazole rings is 1. The maximum atomic E-state index is 11.1. The second kappa shape index (κ2) is 7.84. The summed E-state index contributed by atoms with van der Waals surface area (Å²) in [5, 5.41) is 3.42. The van der Waals surface area contributed by atoms with E-state index < -0.39 is 0 Å². The molecule has 1 saturated heterocycles. The number of fused-ring (bicyclic) bond motifs is 1. The van der Waals surface area contributed by atoms with Crippen molar-refractivity contribution in [2.45, 2.75) is 26.4 Å². The zero-order chi connectivity index (χ0) is 18.8. The summed E-state index contributed by atoms with van der Waals surface area (Å²) >= 11 is 1.55. The van der Waals surface area contributed by atoms with E-state index in [2.05, 4.69) is 39.2 Å². The number of carbonyl (C=O) groups is 1. The van der Waals surface area contributed by atoms with Crippen molar-refractivity contribution in [1.29, 1.82) is 0 Å². The van der Waals surface area contributed by atoms with E-state index in [9.17, 15) is 4.79 Å². The molecule has 3 heterocycles. The van der Waals surface area contributed by atoms with Crippen LogP contribution in [-0.4, -0.2) is 53.7 Å². The fourth-order valence-electron chi connectivity index (χ4n) is 3.50. The first-order valence-corrected chi connectivity index (χ1v) is 9.98. The zero-order valence-corrected chi connectivity index (χ0v) is 16.4. The molecule has 1 atom stereocenters. The van der Waals surface area contributed by atoms with Crippen molar-refractivity contribution in [3.05, 3.63) is 34.8 Å². The van der Waals surface area contributed by atoms with Crippen LogP contribution in [0.4, 0.5) is 5.13 Å². The number of piperazine rings is 1. The van der Waals surface area contributed by atoms with Crippen molar-refractivity contribution in [2.24, 2.45) is 0 Å². The molecule has 4 rings (SSSR count). The summed E-state index contributed by atoms with van der Waals surface area (Å²) in [5.41, 5.74) is 1.26. The van der Waals surface area contributed by atoms with Gasteiger partial charge in [-0.15, -0.1) is 11.3 Å². The van der Waals surface area contributed by atoms with Gasteiger partial charge in [0.05, 0.1) is 0 Å². The van der Waals surface area contributed by atoms with Gasteiger partial charge in [-0.3, -0.25) is 14.6 Å². The largest absolute Gasteiger partial charge is 0.454 e. The van der Waals surface area contributed by atoms with Crippen LogP contribution in [0.15, 0.2) is 24.4 Å². The Balaban J connectivity index is 1.30. The second-order valence-corrected chi connectivity index (χ2v) is 8.03. The van der Waals surface area contributed by atoms with Gasteiger partial charge in [-0.05, 0) is 24.6 Å². The van der Waals surface area contributed by atoms with Crippen molar-refractivity contribution >= 4 is 22.4 Å². The highest BCUT2D eigenvalue weighted by Crippen LogP contribution is 2.35. The van der Waals surface area contributed by atoms with Gasteiger partial charge in [0.15, 0.2) is 16.6 Å². The van der Waals surface area contributed by atoms with Crippen LogP contribution in [-0.2, 0) is 11.3 Å². The van der Waals surface area contributed by atoms with Gasteiger partial charge in [-0.2, -0.15) is 0 Å². The maximum Gasteiger partial charge on any atom is 0.231 e. The minimum absolute atomic E-state index is 0.0815. The molecule has 0 radical (unpaired) electrons. The fraction of sp³-hybridized carbons (Fsp3) is 0.474. The summed E-state index contributed by atoms with van der Waals surface area (Å²) < 4.78 is 10.9. The molecule has 1 N–H and O–H groups in total. The minimum Gasteiger partial charge on any atom is -0.454 e. The molecule has 1 aromatic carbocycles. The number of hydrogen-bond donors (Lipinski definition) is 1. The van der Waals surface area contributed by atoms with Crippen LogP contribution in [0.1, 0.15) is 30.3 Å². The Bertz CT molecular complexity index is 817. The Morgan fingerprint density at radius 2 is 2.04 bits per heavy atom. The standard InChI is InChI=1S/C19H24N4O3S/c1-13(15-3-4-17-18(9-15)26-12-25-17)23-7-5-22(6-8-23)11-16-10-20-19(27-16)21-14(2)24/h3-4,9-10,13H,5-8,11-12H2,1-2H3,(H,20,21,24)/t13-/m0/s1. The van der Waals surface area contributed by atoms with E-state index in [0.29, 0.717) is 18.0 Å². The van der Waals surface area contributed by atoms with Crippen molar-refractivity contribution < 1.29 is 14.3 Å². The third-order valence-electron chi connectivity index (χ3n) is 5.05. The van der Waals surface area contributed by atoms with Crippen LogP contribution in [0.3, 0.4) is 0 Å². The Morgan fingerprint density at radius 1 is 1.26 bits per heavy atom. The zero-order valence-electron chi connectivity index (χ0n) is 15.6. The van der Waals surface area contributed by atoms with E-state index in [0.717, 1.165) is 44.2 Å². The number of carbonyl (C=O) groups excluding carboxylic acids is 1. The van der Waals surface area contributed by atoms with E-state index in [1.807, 2.05) is 12.3 Å². The van der Waals surface area contributed by atoms with Crippen LogP contribution in [0.5, 0.6) is 11.5 Å². The number of aromatic nitrogens is 1. The third-order valence-corrected chi connectivity index (χ3v) is 5.95. The highest BCUT2D eigenvalue weighted by molar-refractivity contribution is 7.15. The summed E-state index contributed by atoms with van der Waals surface area (Å²) in [4.78, 5) is 21.5. The number of hydrogen-bond acceptors (Lipinski definition) is 7. The summed E-state index contributed by atoms with van der Waals surface area (Å²) in [6.45, 7) is 9.01. The molecule has 0 aliphatic carbocycles. The minimum atomic E-state index is -0.0815. The lowest BCUT2D eigenvalue weighted by Gasteiger charge is -2.38. The van der Waals surface area contributed by atoms with Crippen molar-refractivity contribution in [3.63, 3.8) is 0 Å². The Kier molecular flexibility index (Phi) is 5.29. The van der Waals surface area contributed by atoms with Crippen LogP contribution in [0.2, 0.25) is 0 Å². The molecule has 0 unspecified atom stereocenters. The SMILES string of the molecule is CC(=O)Nc1ncc(CN2CCN([C@@H](C)c3ccc4c(c3)OCO4)CC2)s1. The van der Waals surface area contributed by atoms with Crippen molar-refractivity contribution in [3.8, 4) is 11.5 Å². The van der Waals surface area contributed by atoms with Crippen LogP contribution < -0.4 is 14.8 Å². The first-order chi connectivity index (χ1) is 13.1. The number of anilines is 1. The third kappa shape index (κ3) is 4.23. The first-order valence-electron chi connectivity index (χ1n) is 9.17. The molecular formula is C19H24N4O3S. The van der Waals surface area contributed by atoms with Crippen molar-refractivity contribution in [2.75, 3.05) is 38.3 Å². The molecule has 0 spiro atoms. The Morgan fingerprint density at radius 3 is 2.81 bits per heavy atom. The van der Waals surface area contributed by atoms with Gasteiger partial charge in [-0.25, -0.2) is 4.98 Å². The van der Waals surface area contributed by atoms with Gasteiger partial charge in [0, 0.05) is 56.8 Å². The smallest absolute Gasteiger partial charge is 0.231 e. The number of benzene rings is 1. The molecule has 27 heavy (non-hydrogen) atoms. The lowest BCUT2D eigenvalue weighted by atomic mass is 10.1. The Labute approximate surface area is 162 Å². The summed E-state index contributed by atoms with van der Waals surface area (Å²) in [6.07, 6.45) is 1.86. The average Bonchev–Trinajstić information content (AvgIpc) is 3.30. The molecule has 1 fully saturated rings. The molecule has 1 amide bonds. The molecule has 8 heteroatoms. The number of ether oxygens (including phenoxy) is 2. The summed E-state index contributed by atoms with van der Waals surface area (Å²) in [5.74, 6) is 1.60. The molecule has 0 saturated carbocycles. The molecule has 1 aromatic heterocycles. The predicted octanol–water partition coefficient (Wildman–Crippen LogP) is 2.71. The van der Waals surface area contributed by atoms with Gasteiger partial charge >= 0.3 is 0 Å². The van der Waals surface area contributed by atoms with Crippen molar-refractivity contribution in [1.82, 2.24) is 14.8 Å². The molecule has 0 bridgehead atoms. The van der Waals surface area contributed by atoms with E-state index in [-0.39, 0.29) is 5.91 Å². The predicted molar refractivity (Wildman–Crippen MR) is 104 cm³/mol. The molecule has 2 aromatic rings. The first kappa shape index (κ1) is 18.2. The van der Waals surface area contributed by atoms with Crippen LogP contribution in [0.25, 0.3) is 0 Å². The Hall–Kier alpha value is -2.16. The van der Waals surface area contributed by atoms with Gasteiger partial charge < -0.3 is 14.8 Å². The van der Waals surface area contributed by atoms with Crippen LogP contribution in [0, 0.1) is 0 Å². The lowest BCUT2D eigenvalue weighted by Crippen LogP contribution is -2.46. The van der Waals surface area contributed by atoms with Gasteiger partial charge in [0.25, 0.3) is 0 Å². The monoisotopic (exact) mass is 388 g/mol. The molecular weight excluding hydrogens is 364 g/mol. The topological polar surface area (TPSA) is 66.9 Å². The fourth-order valence-corrected chi connectivity index (χ4v) is 4.40. The van der Waals surface area contributed by atoms with Gasteiger partial charge in [-0.1, -0.05) is 6.07 Å². The maximum absolute atomic E-state index is 11.1. The van der Waals surface area contributed by atoms with E-state index in [4.69, 9.17) is 9.47 Å². The van der Waals surface area contributed by atoms with E-state index in [1.165, 1.54) is 17.4 Å². The van der Waals surface area contributed by atoms with E-state index >= 15 is 0 Å². The molecule has 144 valence electrons. The highest BCUT2D eigenvalue weighted by Gasteiger charge is 2.24. The highest BCUT2D eigenvalue weighted by atomic mass is 32.1. The number of rotatable bonds is 5. The summed E-state index contributed by atoms with van der Waals surface area (Å²) in [7, 11) is 0. The number of amides is 1. The molecule has 2 aliphatic rings. The number of nitrogens with one attached hydrogen (secondary N) is 1. The number of nitrogens with zero attached hydrogens (tertiary/aromatic N) is 3. The second-order valence-electron chi connectivity index (χ2n) is 6.91. The molecule has 2 aliphatic heterocycles. The van der Waals surface area contributed by atoms with Gasteiger partial charge in [0.1, 0.15) is 0 Å². The normalized spacial score (nSPS) is 18.4. The van der Waals surface area contributed by atoms with E-state index in [1.54, 1.807) is 11.3 Å². The lowest BCUT2D eigenvalue weighted by molar-refractivity contribution is -0.114. The quantitative estimate of drug-likeness (QED) is 0.850. The average molecular weight is 388 g/mol. The van der Waals surface area contributed by atoms with Gasteiger partial charge in [0.2, 0.25) is 12.7 Å². The summed E-state index contributed by atoms with van der Waals surface area (Å²) in [6, 6.07) is 6.57. The van der Waals surface area contributed by atoms with Crippen LogP contribution >= 0.6 is 11.3 Å². The molecule has 7 nitrogen and oxygen atoms in total.